The van der Waals surface area contributed by atoms with Crippen molar-refractivity contribution in [2.75, 3.05) is 56.9 Å². The van der Waals surface area contributed by atoms with E-state index >= 15 is 0 Å². The summed E-state index contributed by atoms with van der Waals surface area (Å²) >= 11 is 0. The van der Waals surface area contributed by atoms with Gasteiger partial charge in [0.05, 0.1) is 35.4 Å². The zero-order valence-corrected chi connectivity index (χ0v) is 23.9. The van der Waals surface area contributed by atoms with Crippen molar-refractivity contribution in [2.45, 2.75) is 26.3 Å². The number of carbonyl (C=O) groups is 1. The highest BCUT2D eigenvalue weighted by molar-refractivity contribution is 6.02. The number of hydrogen-bond acceptors (Lipinski definition) is 7. The van der Waals surface area contributed by atoms with Gasteiger partial charge in [0.1, 0.15) is 5.75 Å². The van der Waals surface area contributed by atoms with Gasteiger partial charge in [-0.05, 0) is 57.1 Å². The summed E-state index contributed by atoms with van der Waals surface area (Å²) < 4.78 is 8.11. The molecule has 9 heteroatoms. The zero-order valence-electron chi connectivity index (χ0n) is 23.9. The number of likely N-dealkylation sites (N-methyl/N-ethyl adjacent to an activating group) is 2. The van der Waals surface area contributed by atoms with Crippen LogP contribution in [0, 0.1) is 6.92 Å². The minimum atomic E-state index is -0.291. The summed E-state index contributed by atoms with van der Waals surface area (Å²) in [5.41, 5.74) is 7.78. The number of aromatic nitrogens is 3. The number of nitrogens with zero attached hydrogens (tertiary/aromatic N) is 5. The lowest BCUT2D eigenvalue weighted by Crippen LogP contribution is -2.29. The fourth-order valence-corrected chi connectivity index (χ4v) is 5.25. The number of anilines is 4. The predicted octanol–water partition coefficient (Wildman–Crippen LogP) is 5.23. The standard InChI is InChI=1S/C31H37N7O2/c1-7-28(39)33-24-16-25(27(40-6)17-26(24)37(5)15-14-36(3)4)34-31-32-18-20(2)29(35-31)23-19-38-13-9-11-21-10-8-12-22(23)30(21)38/h7-8,10,12,16-19H,1,9,11,13-15H2,2-6H3,(H,33,39)(H,32,34,35). The van der Waals surface area contributed by atoms with Crippen molar-refractivity contribution in [1.82, 2.24) is 19.4 Å². The molecule has 0 aliphatic carbocycles. The van der Waals surface area contributed by atoms with E-state index in [-0.39, 0.29) is 5.91 Å². The largest absolute Gasteiger partial charge is 0.494 e. The molecule has 208 valence electrons. The number of para-hydroxylation sites is 1. The maximum Gasteiger partial charge on any atom is 0.247 e. The van der Waals surface area contributed by atoms with Crippen molar-refractivity contribution in [3.8, 4) is 17.0 Å². The van der Waals surface area contributed by atoms with E-state index in [4.69, 9.17) is 9.72 Å². The highest BCUT2D eigenvalue weighted by atomic mass is 16.5. The highest BCUT2D eigenvalue weighted by Gasteiger charge is 2.20. The van der Waals surface area contributed by atoms with E-state index in [1.54, 1.807) is 7.11 Å². The van der Waals surface area contributed by atoms with Crippen LogP contribution in [-0.2, 0) is 17.8 Å². The molecule has 2 aromatic heterocycles. The van der Waals surface area contributed by atoms with Crippen molar-refractivity contribution in [1.29, 1.82) is 0 Å². The van der Waals surface area contributed by atoms with Crippen LogP contribution in [0.25, 0.3) is 22.2 Å². The third kappa shape index (κ3) is 5.37. The molecule has 5 rings (SSSR count). The normalized spacial score (nSPS) is 12.4. The second-order valence-electron chi connectivity index (χ2n) is 10.5. The highest BCUT2D eigenvalue weighted by Crippen LogP contribution is 2.39. The molecule has 4 aromatic rings. The van der Waals surface area contributed by atoms with Crippen LogP contribution in [0.5, 0.6) is 5.75 Å². The number of carbonyl (C=O) groups excluding carboxylic acids is 1. The van der Waals surface area contributed by atoms with Crippen LogP contribution in [0.1, 0.15) is 17.5 Å². The van der Waals surface area contributed by atoms with Crippen molar-refractivity contribution in [3.63, 3.8) is 0 Å². The Hall–Kier alpha value is -4.37. The Bertz CT molecular complexity index is 1570. The number of ether oxygens (including phenoxy) is 1. The summed E-state index contributed by atoms with van der Waals surface area (Å²) in [6, 6.07) is 10.3. The van der Waals surface area contributed by atoms with Gasteiger partial charge in [0.25, 0.3) is 0 Å². The molecule has 0 fully saturated rings. The van der Waals surface area contributed by atoms with Gasteiger partial charge in [-0.25, -0.2) is 9.97 Å². The van der Waals surface area contributed by atoms with E-state index < -0.39 is 0 Å². The van der Waals surface area contributed by atoms with Crippen molar-refractivity contribution < 1.29 is 9.53 Å². The van der Waals surface area contributed by atoms with Gasteiger partial charge in [0, 0.05) is 56.1 Å². The number of methoxy groups -OCH3 is 1. The van der Waals surface area contributed by atoms with Crippen LogP contribution in [0.2, 0.25) is 0 Å². The maximum atomic E-state index is 12.3. The van der Waals surface area contributed by atoms with Gasteiger partial charge in [-0.3, -0.25) is 4.79 Å². The minimum Gasteiger partial charge on any atom is -0.494 e. The number of aryl methyl sites for hydroxylation is 3. The smallest absolute Gasteiger partial charge is 0.247 e. The van der Waals surface area contributed by atoms with Gasteiger partial charge in [0.15, 0.2) is 0 Å². The molecule has 1 aliphatic heterocycles. The average Bonchev–Trinajstić information content (AvgIpc) is 3.33. The Morgan fingerprint density at radius 3 is 2.77 bits per heavy atom. The van der Waals surface area contributed by atoms with E-state index in [0.29, 0.717) is 23.1 Å². The topological polar surface area (TPSA) is 87.5 Å². The summed E-state index contributed by atoms with van der Waals surface area (Å²) in [5, 5.41) is 7.50. The molecule has 1 aliphatic rings. The monoisotopic (exact) mass is 539 g/mol. The molecule has 0 radical (unpaired) electrons. The van der Waals surface area contributed by atoms with Crippen LogP contribution in [0.4, 0.5) is 23.0 Å². The third-order valence-electron chi connectivity index (χ3n) is 7.36. The maximum absolute atomic E-state index is 12.3. The first-order valence-electron chi connectivity index (χ1n) is 13.5. The van der Waals surface area contributed by atoms with E-state index in [1.165, 1.54) is 22.5 Å². The number of amides is 1. The first-order valence-corrected chi connectivity index (χ1v) is 13.5. The molecule has 2 aromatic carbocycles. The lowest BCUT2D eigenvalue weighted by molar-refractivity contribution is -0.111. The predicted molar refractivity (Wildman–Crippen MR) is 163 cm³/mol. The molecule has 2 N–H and O–H groups in total. The second kappa shape index (κ2) is 11.4. The van der Waals surface area contributed by atoms with Crippen LogP contribution in [0.15, 0.2) is 55.4 Å². The molecule has 0 spiro atoms. The molecule has 40 heavy (non-hydrogen) atoms. The van der Waals surface area contributed by atoms with Gasteiger partial charge < -0.3 is 29.7 Å². The Morgan fingerprint density at radius 2 is 2.02 bits per heavy atom. The molecule has 0 atom stereocenters. The quantitative estimate of drug-likeness (QED) is 0.267. The lowest BCUT2D eigenvalue weighted by Gasteiger charge is -2.26. The first kappa shape index (κ1) is 27.2. The molecule has 0 saturated carbocycles. The molecular weight excluding hydrogens is 502 g/mol. The molecule has 0 bridgehead atoms. The van der Waals surface area contributed by atoms with Gasteiger partial charge in [-0.1, -0.05) is 24.8 Å². The fraction of sp³-hybridized carbons (Fsp3) is 0.323. The number of rotatable bonds is 10. The van der Waals surface area contributed by atoms with E-state index in [1.807, 2.05) is 46.4 Å². The number of benzene rings is 2. The SMILES string of the molecule is C=CC(=O)Nc1cc(Nc2ncc(C)c(-c3cn4c5c(cccc35)CCC4)n2)c(OC)cc1N(C)CCN(C)C. The van der Waals surface area contributed by atoms with Crippen molar-refractivity contribution in [3.05, 3.63) is 66.5 Å². The number of hydrogen-bond donors (Lipinski definition) is 2. The Labute approximate surface area is 235 Å². The van der Waals surface area contributed by atoms with Crippen LogP contribution < -0.4 is 20.3 Å². The Kier molecular flexibility index (Phi) is 7.75. The molecule has 1 amide bonds. The van der Waals surface area contributed by atoms with Crippen molar-refractivity contribution >= 4 is 39.8 Å². The molecule has 0 unspecified atom stereocenters. The van der Waals surface area contributed by atoms with E-state index in [9.17, 15) is 4.79 Å². The third-order valence-corrected chi connectivity index (χ3v) is 7.36. The van der Waals surface area contributed by atoms with Crippen LogP contribution in [-0.4, -0.2) is 66.7 Å². The van der Waals surface area contributed by atoms with Crippen LogP contribution in [0.3, 0.4) is 0 Å². The van der Waals surface area contributed by atoms with E-state index in [0.717, 1.165) is 55.0 Å². The van der Waals surface area contributed by atoms with Gasteiger partial charge in [0.2, 0.25) is 11.9 Å². The summed E-state index contributed by atoms with van der Waals surface area (Å²) in [4.78, 5) is 26.1. The fourth-order valence-electron chi connectivity index (χ4n) is 5.25. The van der Waals surface area contributed by atoms with Gasteiger partial charge in [-0.2, -0.15) is 0 Å². The second-order valence-corrected chi connectivity index (χ2v) is 10.5. The minimum absolute atomic E-state index is 0.291. The molecule has 0 saturated heterocycles. The van der Waals surface area contributed by atoms with Crippen LogP contribution >= 0.6 is 0 Å². The van der Waals surface area contributed by atoms with Gasteiger partial charge >= 0.3 is 0 Å². The molecule has 3 heterocycles. The average molecular weight is 540 g/mol. The Balaban J connectivity index is 1.53. The summed E-state index contributed by atoms with van der Waals surface area (Å²) in [6.45, 7) is 8.27. The zero-order chi connectivity index (χ0) is 28.4. The van der Waals surface area contributed by atoms with Crippen molar-refractivity contribution in [2.24, 2.45) is 0 Å². The summed E-state index contributed by atoms with van der Waals surface area (Å²) in [6.07, 6.45) is 7.55. The molecule has 9 nitrogen and oxygen atoms in total. The van der Waals surface area contributed by atoms with E-state index in [2.05, 4.69) is 61.0 Å². The number of nitrogens with one attached hydrogen (secondary N) is 2. The van der Waals surface area contributed by atoms with Gasteiger partial charge in [-0.15, -0.1) is 0 Å². The summed E-state index contributed by atoms with van der Waals surface area (Å²) in [5.74, 6) is 0.766. The first-order chi connectivity index (χ1) is 19.3. The lowest BCUT2D eigenvalue weighted by atomic mass is 10.0. The summed E-state index contributed by atoms with van der Waals surface area (Å²) in [7, 11) is 7.68. The molecular formula is C31H37N7O2. The Morgan fingerprint density at radius 1 is 1.20 bits per heavy atom.